The molecule has 1 aromatic rings. The molecule has 19 heavy (non-hydrogen) atoms. The van der Waals surface area contributed by atoms with E-state index in [0.717, 1.165) is 31.7 Å². The van der Waals surface area contributed by atoms with E-state index in [4.69, 9.17) is 0 Å². The van der Waals surface area contributed by atoms with Crippen LogP contribution in [0.1, 0.15) is 12.6 Å². The van der Waals surface area contributed by atoms with Crippen molar-refractivity contribution in [2.75, 3.05) is 32.7 Å². The summed E-state index contributed by atoms with van der Waals surface area (Å²) < 4.78 is 0. The van der Waals surface area contributed by atoms with E-state index in [9.17, 15) is 9.90 Å². The predicted octanol–water partition coefficient (Wildman–Crippen LogP) is 0.149. The number of piperazine rings is 1. The van der Waals surface area contributed by atoms with Gasteiger partial charge >= 0.3 is 0 Å². The van der Waals surface area contributed by atoms with Gasteiger partial charge in [-0.05, 0) is 19.1 Å². The number of aliphatic hydroxyl groups is 1. The highest BCUT2D eigenvalue weighted by atomic mass is 16.3. The normalized spacial score (nSPS) is 18.3. The Hall–Kier alpha value is -1.46. The molecular formula is C14H21N3O2. The van der Waals surface area contributed by atoms with E-state index in [2.05, 4.69) is 9.88 Å². The van der Waals surface area contributed by atoms with Gasteiger partial charge in [-0.3, -0.25) is 14.7 Å². The zero-order valence-corrected chi connectivity index (χ0v) is 11.3. The molecule has 5 heteroatoms. The zero-order chi connectivity index (χ0) is 13.7. The summed E-state index contributed by atoms with van der Waals surface area (Å²) in [6, 6.07) is 5.96. The first-order valence-electron chi connectivity index (χ1n) is 6.76. The SMILES string of the molecule is CC(O)C(=O)N1CCN(CCc2ccccn2)CC1. The van der Waals surface area contributed by atoms with Gasteiger partial charge in [-0.15, -0.1) is 0 Å². The van der Waals surface area contributed by atoms with Crippen molar-refractivity contribution < 1.29 is 9.90 Å². The molecule has 2 heterocycles. The smallest absolute Gasteiger partial charge is 0.251 e. The van der Waals surface area contributed by atoms with Crippen LogP contribution in [0.5, 0.6) is 0 Å². The number of carbonyl (C=O) groups excluding carboxylic acids is 1. The van der Waals surface area contributed by atoms with Gasteiger partial charge in [0.1, 0.15) is 6.10 Å². The first kappa shape index (κ1) is 14.0. The highest BCUT2D eigenvalue weighted by Gasteiger charge is 2.23. The van der Waals surface area contributed by atoms with E-state index in [-0.39, 0.29) is 5.91 Å². The minimum atomic E-state index is -0.889. The molecule has 0 saturated carbocycles. The molecule has 0 aromatic carbocycles. The molecule has 1 saturated heterocycles. The molecule has 0 bridgehead atoms. The Morgan fingerprint density at radius 3 is 2.68 bits per heavy atom. The molecule has 1 aliphatic rings. The van der Waals surface area contributed by atoms with Crippen molar-refractivity contribution in [3.8, 4) is 0 Å². The van der Waals surface area contributed by atoms with Crippen LogP contribution in [0.3, 0.4) is 0 Å². The molecule has 1 N–H and O–H groups in total. The van der Waals surface area contributed by atoms with Crippen LogP contribution in [0.2, 0.25) is 0 Å². The summed E-state index contributed by atoms with van der Waals surface area (Å²) in [5.41, 5.74) is 1.10. The molecule has 1 amide bonds. The topological polar surface area (TPSA) is 56.7 Å². The Morgan fingerprint density at radius 2 is 2.11 bits per heavy atom. The number of hydrogen-bond acceptors (Lipinski definition) is 4. The van der Waals surface area contributed by atoms with E-state index in [0.29, 0.717) is 13.1 Å². The molecule has 0 radical (unpaired) electrons. The predicted molar refractivity (Wildman–Crippen MR) is 72.6 cm³/mol. The molecule has 1 atom stereocenters. The van der Waals surface area contributed by atoms with Crippen LogP contribution in [-0.2, 0) is 11.2 Å². The lowest BCUT2D eigenvalue weighted by Gasteiger charge is -2.35. The molecule has 1 aliphatic heterocycles. The average molecular weight is 263 g/mol. The third-order valence-corrected chi connectivity index (χ3v) is 3.45. The summed E-state index contributed by atoms with van der Waals surface area (Å²) in [6.07, 6.45) is 1.86. The quantitative estimate of drug-likeness (QED) is 0.840. The monoisotopic (exact) mass is 263 g/mol. The van der Waals surface area contributed by atoms with Crippen molar-refractivity contribution in [1.29, 1.82) is 0 Å². The fraction of sp³-hybridized carbons (Fsp3) is 0.571. The van der Waals surface area contributed by atoms with E-state index >= 15 is 0 Å². The molecule has 2 rings (SSSR count). The fourth-order valence-corrected chi connectivity index (χ4v) is 2.27. The van der Waals surface area contributed by atoms with Crippen LogP contribution in [0.15, 0.2) is 24.4 Å². The van der Waals surface area contributed by atoms with Crippen molar-refractivity contribution >= 4 is 5.91 Å². The van der Waals surface area contributed by atoms with Gasteiger partial charge in [0.05, 0.1) is 0 Å². The van der Waals surface area contributed by atoms with Gasteiger partial charge in [0, 0.05) is 51.0 Å². The zero-order valence-electron chi connectivity index (χ0n) is 11.3. The number of aliphatic hydroxyl groups excluding tert-OH is 1. The summed E-state index contributed by atoms with van der Waals surface area (Å²) in [7, 11) is 0. The molecule has 1 aromatic heterocycles. The van der Waals surface area contributed by atoms with Crippen LogP contribution < -0.4 is 0 Å². The summed E-state index contributed by atoms with van der Waals surface area (Å²) in [4.78, 5) is 20.0. The highest BCUT2D eigenvalue weighted by Crippen LogP contribution is 2.05. The van der Waals surface area contributed by atoms with Crippen LogP contribution in [0.25, 0.3) is 0 Å². The van der Waals surface area contributed by atoms with Gasteiger partial charge in [-0.2, -0.15) is 0 Å². The first-order chi connectivity index (χ1) is 9.16. The number of nitrogens with zero attached hydrogens (tertiary/aromatic N) is 3. The van der Waals surface area contributed by atoms with Gasteiger partial charge < -0.3 is 10.0 Å². The largest absolute Gasteiger partial charge is 0.384 e. The third-order valence-electron chi connectivity index (χ3n) is 3.45. The minimum absolute atomic E-state index is 0.163. The Labute approximate surface area is 113 Å². The Bertz CT molecular complexity index is 400. The van der Waals surface area contributed by atoms with E-state index in [1.165, 1.54) is 6.92 Å². The van der Waals surface area contributed by atoms with Crippen LogP contribution in [0, 0.1) is 0 Å². The molecule has 5 nitrogen and oxygen atoms in total. The number of rotatable bonds is 4. The van der Waals surface area contributed by atoms with Gasteiger partial charge in [0.15, 0.2) is 0 Å². The Kier molecular flexibility index (Phi) is 4.87. The maximum absolute atomic E-state index is 11.6. The summed E-state index contributed by atoms with van der Waals surface area (Å²) in [5.74, 6) is -0.163. The lowest BCUT2D eigenvalue weighted by molar-refractivity contribution is -0.141. The van der Waals surface area contributed by atoms with Crippen molar-refractivity contribution in [3.05, 3.63) is 30.1 Å². The summed E-state index contributed by atoms with van der Waals surface area (Å²) in [6.45, 7) is 5.62. The maximum atomic E-state index is 11.6. The van der Waals surface area contributed by atoms with Crippen molar-refractivity contribution in [2.24, 2.45) is 0 Å². The van der Waals surface area contributed by atoms with Gasteiger partial charge in [0.25, 0.3) is 5.91 Å². The number of amides is 1. The van der Waals surface area contributed by atoms with Crippen molar-refractivity contribution in [1.82, 2.24) is 14.8 Å². The second-order valence-corrected chi connectivity index (χ2v) is 4.91. The number of aromatic nitrogens is 1. The number of pyridine rings is 1. The molecule has 104 valence electrons. The number of carbonyl (C=O) groups is 1. The van der Waals surface area contributed by atoms with Crippen molar-refractivity contribution in [3.63, 3.8) is 0 Å². The van der Waals surface area contributed by atoms with E-state index in [1.807, 2.05) is 24.4 Å². The molecule has 1 fully saturated rings. The summed E-state index contributed by atoms with van der Waals surface area (Å²) in [5, 5.41) is 9.28. The lowest BCUT2D eigenvalue weighted by atomic mass is 10.2. The second kappa shape index (κ2) is 6.63. The standard InChI is InChI=1S/C14H21N3O2/c1-12(18)14(19)17-10-8-16(9-11-17)7-5-13-4-2-3-6-15-13/h2-4,6,12,18H,5,7-11H2,1H3. The average Bonchev–Trinajstić information content (AvgIpc) is 2.46. The van der Waals surface area contributed by atoms with Crippen LogP contribution in [-0.4, -0.2) is 64.6 Å². The summed E-state index contributed by atoms with van der Waals surface area (Å²) >= 11 is 0. The molecule has 0 spiro atoms. The Morgan fingerprint density at radius 1 is 1.37 bits per heavy atom. The molecule has 0 aliphatic carbocycles. The maximum Gasteiger partial charge on any atom is 0.251 e. The van der Waals surface area contributed by atoms with Crippen molar-refractivity contribution in [2.45, 2.75) is 19.4 Å². The minimum Gasteiger partial charge on any atom is -0.384 e. The van der Waals surface area contributed by atoms with Gasteiger partial charge in [-0.25, -0.2) is 0 Å². The first-order valence-corrected chi connectivity index (χ1v) is 6.76. The van der Waals surface area contributed by atoms with Crippen LogP contribution in [0.4, 0.5) is 0 Å². The van der Waals surface area contributed by atoms with Crippen LogP contribution >= 0.6 is 0 Å². The third kappa shape index (κ3) is 4.01. The molecular weight excluding hydrogens is 242 g/mol. The van der Waals surface area contributed by atoms with Gasteiger partial charge in [0.2, 0.25) is 0 Å². The number of hydrogen-bond donors (Lipinski definition) is 1. The Balaban J connectivity index is 1.73. The van der Waals surface area contributed by atoms with E-state index in [1.54, 1.807) is 4.90 Å². The fourth-order valence-electron chi connectivity index (χ4n) is 2.27. The molecule has 1 unspecified atom stereocenters. The lowest BCUT2D eigenvalue weighted by Crippen LogP contribution is -2.51. The highest BCUT2D eigenvalue weighted by molar-refractivity contribution is 5.80. The van der Waals surface area contributed by atoms with Gasteiger partial charge in [-0.1, -0.05) is 6.07 Å². The second-order valence-electron chi connectivity index (χ2n) is 4.91. The van der Waals surface area contributed by atoms with E-state index < -0.39 is 6.10 Å².